The van der Waals surface area contributed by atoms with Crippen LogP contribution in [0.5, 0.6) is 0 Å². The van der Waals surface area contributed by atoms with E-state index in [4.69, 9.17) is 0 Å². The Kier molecular flexibility index (Phi) is 3.81. The third-order valence-corrected chi connectivity index (χ3v) is 5.14. The molecule has 2 amide bonds. The topological polar surface area (TPSA) is 61.4 Å². The predicted octanol–water partition coefficient (Wildman–Crippen LogP) is 2.00. The summed E-state index contributed by atoms with van der Waals surface area (Å²) in [6.07, 6.45) is 5.38. The Morgan fingerprint density at radius 3 is 2.74 bits per heavy atom. The Bertz CT molecular complexity index is 626. The molecule has 0 radical (unpaired) electrons. The standard InChI is InChI=1S/C18H23N3O2/c22-17(12-4-5-12)20-15-3-1-2-13(10-15)18(23)21-9-8-14-6-7-16(11-21)19-14/h1-3,10,12,14,16,19H,4-9,11H2,(H,20,22). The van der Waals surface area contributed by atoms with Crippen molar-refractivity contribution in [1.29, 1.82) is 0 Å². The van der Waals surface area contributed by atoms with Crippen LogP contribution in [0.4, 0.5) is 5.69 Å². The average molecular weight is 313 g/mol. The molecule has 5 nitrogen and oxygen atoms in total. The first-order valence-corrected chi connectivity index (χ1v) is 8.65. The van der Waals surface area contributed by atoms with E-state index in [1.807, 2.05) is 23.1 Å². The van der Waals surface area contributed by atoms with E-state index in [1.54, 1.807) is 6.07 Å². The molecule has 2 atom stereocenters. The molecule has 1 aromatic carbocycles. The summed E-state index contributed by atoms with van der Waals surface area (Å²) >= 11 is 0. The van der Waals surface area contributed by atoms with Crippen molar-refractivity contribution in [3.8, 4) is 0 Å². The zero-order chi connectivity index (χ0) is 15.8. The zero-order valence-corrected chi connectivity index (χ0v) is 13.3. The van der Waals surface area contributed by atoms with E-state index in [-0.39, 0.29) is 17.7 Å². The molecular formula is C18H23N3O2. The number of amides is 2. The quantitative estimate of drug-likeness (QED) is 0.897. The molecule has 1 aliphatic carbocycles. The van der Waals surface area contributed by atoms with Gasteiger partial charge in [-0.25, -0.2) is 0 Å². The maximum atomic E-state index is 12.8. The Balaban J connectivity index is 1.46. The van der Waals surface area contributed by atoms with Gasteiger partial charge < -0.3 is 15.5 Å². The van der Waals surface area contributed by atoms with E-state index in [2.05, 4.69) is 10.6 Å². The van der Waals surface area contributed by atoms with Gasteiger partial charge in [-0.15, -0.1) is 0 Å². The number of anilines is 1. The summed E-state index contributed by atoms with van der Waals surface area (Å²) in [5.41, 5.74) is 1.39. The van der Waals surface area contributed by atoms with E-state index in [1.165, 1.54) is 6.42 Å². The Hall–Kier alpha value is -1.88. The highest BCUT2D eigenvalue weighted by Gasteiger charge is 2.32. The van der Waals surface area contributed by atoms with Gasteiger partial charge in [-0.1, -0.05) is 6.07 Å². The summed E-state index contributed by atoms with van der Waals surface area (Å²) in [7, 11) is 0. The highest BCUT2D eigenvalue weighted by Crippen LogP contribution is 2.30. The third kappa shape index (κ3) is 3.24. The van der Waals surface area contributed by atoms with Gasteiger partial charge in [0.15, 0.2) is 0 Å². The van der Waals surface area contributed by atoms with Crippen molar-refractivity contribution in [1.82, 2.24) is 10.2 Å². The maximum absolute atomic E-state index is 12.8. The fourth-order valence-electron chi connectivity index (χ4n) is 3.63. The summed E-state index contributed by atoms with van der Waals surface area (Å²) in [6, 6.07) is 8.34. The summed E-state index contributed by atoms with van der Waals surface area (Å²) in [5, 5.41) is 6.51. The van der Waals surface area contributed by atoms with Crippen LogP contribution >= 0.6 is 0 Å². The Morgan fingerprint density at radius 1 is 1.09 bits per heavy atom. The Labute approximate surface area is 136 Å². The van der Waals surface area contributed by atoms with E-state index >= 15 is 0 Å². The molecule has 0 spiro atoms. The van der Waals surface area contributed by atoms with Gasteiger partial charge in [0, 0.05) is 42.3 Å². The van der Waals surface area contributed by atoms with Gasteiger partial charge in [0.2, 0.25) is 5.91 Å². The fraction of sp³-hybridized carbons (Fsp3) is 0.556. The first-order chi connectivity index (χ1) is 11.2. The lowest BCUT2D eigenvalue weighted by atomic mass is 10.1. The van der Waals surface area contributed by atoms with Crippen LogP contribution in [0.25, 0.3) is 0 Å². The second kappa shape index (κ2) is 5.96. The van der Waals surface area contributed by atoms with Crippen LogP contribution in [0, 0.1) is 5.92 Å². The maximum Gasteiger partial charge on any atom is 0.253 e. The van der Waals surface area contributed by atoms with Crippen LogP contribution in [-0.2, 0) is 4.79 Å². The van der Waals surface area contributed by atoms with Gasteiger partial charge in [0.25, 0.3) is 5.91 Å². The minimum Gasteiger partial charge on any atom is -0.337 e. The minimum absolute atomic E-state index is 0.0712. The van der Waals surface area contributed by atoms with Crippen LogP contribution in [-0.4, -0.2) is 41.9 Å². The van der Waals surface area contributed by atoms with Crippen molar-refractivity contribution in [2.24, 2.45) is 5.92 Å². The van der Waals surface area contributed by atoms with Crippen LogP contribution in [0.1, 0.15) is 42.5 Å². The molecule has 1 saturated carbocycles. The molecule has 4 rings (SSSR count). The molecular weight excluding hydrogens is 290 g/mol. The molecule has 3 fully saturated rings. The number of hydrogen-bond donors (Lipinski definition) is 2. The fourth-order valence-corrected chi connectivity index (χ4v) is 3.63. The molecule has 2 unspecified atom stereocenters. The summed E-state index contributed by atoms with van der Waals surface area (Å²) < 4.78 is 0. The highest BCUT2D eigenvalue weighted by molar-refractivity contribution is 5.98. The smallest absolute Gasteiger partial charge is 0.253 e. The van der Waals surface area contributed by atoms with Gasteiger partial charge in [0.1, 0.15) is 0 Å². The third-order valence-electron chi connectivity index (χ3n) is 5.14. The molecule has 23 heavy (non-hydrogen) atoms. The lowest BCUT2D eigenvalue weighted by Crippen LogP contribution is -2.39. The number of benzene rings is 1. The number of rotatable bonds is 3. The van der Waals surface area contributed by atoms with E-state index in [0.29, 0.717) is 17.6 Å². The van der Waals surface area contributed by atoms with Crippen molar-refractivity contribution >= 4 is 17.5 Å². The van der Waals surface area contributed by atoms with E-state index in [0.717, 1.165) is 44.5 Å². The molecule has 5 heteroatoms. The van der Waals surface area contributed by atoms with E-state index < -0.39 is 0 Å². The monoisotopic (exact) mass is 313 g/mol. The van der Waals surface area contributed by atoms with Gasteiger partial charge in [-0.05, 0) is 50.3 Å². The number of carbonyl (C=O) groups excluding carboxylic acids is 2. The second-order valence-electron chi connectivity index (χ2n) is 7.02. The van der Waals surface area contributed by atoms with Crippen LogP contribution in [0.15, 0.2) is 24.3 Å². The van der Waals surface area contributed by atoms with Gasteiger partial charge >= 0.3 is 0 Å². The summed E-state index contributed by atoms with van der Waals surface area (Å²) in [6.45, 7) is 1.60. The average Bonchev–Trinajstić information content (AvgIpc) is 3.32. The van der Waals surface area contributed by atoms with Crippen LogP contribution in [0.3, 0.4) is 0 Å². The first kappa shape index (κ1) is 14.7. The molecule has 2 aliphatic heterocycles. The molecule has 122 valence electrons. The molecule has 0 aromatic heterocycles. The lowest BCUT2D eigenvalue weighted by Gasteiger charge is -2.24. The molecule has 2 heterocycles. The largest absolute Gasteiger partial charge is 0.337 e. The zero-order valence-electron chi connectivity index (χ0n) is 13.3. The van der Waals surface area contributed by atoms with E-state index in [9.17, 15) is 9.59 Å². The number of likely N-dealkylation sites (tertiary alicyclic amines) is 1. The number of nitrogens with zero attached hydrogens (tertiary/aromatic N) is 1. The van der Waals surface area contributed by atoms with Crippen LogP contribution < -0.4 is 10.6 Å². The molecule has 3 aliphatic rings. The lowest BCUT2D eigenvalue weighted by molar-refractivity contribution is -0.117. The van der Waals surface area contributed by atoms with Gasteiger partial charge in [0.05, 0.1) is 0 Å². The summed E-state index contributed by atoms with van der Waals surface area (Å²) in [4.78, 5) is 26.6. The minimum atomic E-state index is 0.0712. The number of fused-ring (bicyclic) bond motifs is 2. The molecule has 2 saturated heterocycles. The van der Waals surface area contributed by atoms with Gasteiger partial charge in [-0.2, -0.15) is 0 Å². The number of hydrogen-bond acceptors (Lipinski definition) is 3. The molecule has 1 aromatic rings. The number of nitrogens with one attached hydrogen (secondary N) is 2. The van der Waals surface area contributed by atoms with Gasteiger partial charge in [-0.3, -0.25) is 9.59 Å². The van der Waals surface area contributed by atoms with Crippen molar-refractivity contribution in [2.75, 3.05) is 18.4 Å². The van der Waals surface area contributed by atoms with Crippen molar-refractivity contribution < 1.29 is 9.59 Å². The summed E-state index contributed by atoms with van der Waals surface area (Å²) in [5.74, 6) is 0.314. The second-order valence-corrected chi connectivity index (χ2v) is 7.02. The first-order valence-electron chi connectivity index (χ1n) is 8.65. The van der Waals surface area contributed by atoms with Crippen LogP contribution in [0.2, 0.25) is 0 Å². The highest BCUT2D eigenvalue weighted by atomic mass is 16.2. The molecule has 2 bridgehead atoms. The molecule has 2 N–H and O–H groups in total. The number of carbonyl (C=O) groups is 2. The van der Waals surface area contributed by atoms with Crippen molar-refractivity contribution in [3.05, 3.63) is 29.8 Å². The van der Waals surface area contributed by atoms with Crippen molar-refractivity contribution in [3.63, 3.8) is 0 Å². The Morgan fingerprint density at radius 2 is 1.91 bits per heavy atom. The predicted molar refractivity (Wildman–Crippen MR) is 88.3 cm³/mol. The normalized spacial score (nSPS) is 26.7. The SMILES string of the molecule is O=C(Nc1cccc(C(=O)N2CCC3CCC(C2)N3)c1)C1CC1. The van der Waals surface area contributed by atoms with Crippen molar-refractivity contribution in [2.45, 2.75) is 44.2 Å².